The monoisotopic (exact) mass is 352 g/mol. The molecule has 0 unspecified atom stereocenters. The number of hydrogen-bond donors (Lipinski definition) is 2. The van der Waals surface area contributed by atoms with Crippen molar-refractivity contribution in [1.82, 2.24) is 5.32 Å². The molecule has 2 amide bonds. The number of hydrogen-bond acceptors (Lipinski definition) is 2. The number of carbonyl (C=O) groups excluding carboxylic acids is 2. The summed E-state index contributed by atoms with van der Waals surface area (Å²) in [7, 11) is 0. The fourth-order valence-electron chi connectivity index (χ4n) is 2.71. The first-order chi connectivity index (χ1) is 12.0. The van der Waals surface area contributed by atoms with Crippen LogP contribution in [0.5, 0.6) is 0 Å². The van der Waals surface area contributed by atoms with Crippen molar-refractivity contribution in [3.63, 3.8) is 0 Å². The number of benzene rings is 3. The molecule has 0 aliphatic rings. The summed E-state index contributed by atoms with van der Waals surface area (Å²) in [6, 6.07) is 19.7. The van der Waals surface area contributed by atoms with Crippen molar-refractivity contribution in [2.45, 2.75) is 12.5 Å². The fraction of sp³-hybridized carbons (Fsp3) is 0.100. The number of amides is 2. The quantitative estimate of drug-likeness (QED) is 0.739. The lowest BCUT2D eigenvalue weighted by atomic mass is 10.0. The molecule has 3 aromatic carbocycles. The van der Waals surface area contributed by atoms with Crippen molar-refractivity contribution in [2.75, 3.05) is 0 Å². The van der Waals surface area contributed by atoms with Gasteiger partial charge in [0.05, 0.1) is 10.6 Å². The zero-order valence-electron chi connectivity index (χ0n) is 13.4. The van der Waals surface area contributed by atoms with Gasteiger partial charge in [-0.1, -0.05) is 66.2 Å². The third-order valence-corrected chi connectivity index (χ3v) is 4.35. The van der Waals surface area contributed by atoms with Crippen LogP contribution in [0.4, 0.5) is 0 Å². The average molecular weight is 353 g/mol. The first kappa shape index (κ1) is 17.0. The molecule has 0 radical (unpaired) electrons. The molecule has 0 aliphatic heterocycles. The van der Waals surface area contributed by atoms with Crippen molar-refractivity contribution >= 4 is 34.2 Å². The van der Waals surface area contributed by atoms with Gasteiger partial charge in [-0.3, -0.25) is 9.59 Å². The minimum atomic E-state index is -0.815. The molecule has 0 bridgehead atoms. The van der Waals surface area contributed by atoms with E-state index >= 15 is 0 Å². The van der Waals surface area contributed by atoms with E-state index in [1.807, 2.05) is 42.5 Å². The molecule has 0 spiro atoms. The predicted molar refractivity (Wildman–Crippen MR) is 99.6 cm³/mol. The minimum Gasteiger partial charge on any atom is -0.368 e. The van der Waals surface area contributed by atoms with E-state index in [1.165, 1.54) is 0 Å². The van der Waals surface area contributed by atoms with Crippen LogP contribution in [0.25, 0.3) is 10.8 Å². The Morgan fingerprint density at radius 3 is 2.36 bits per heavy atom. The molecule has 126 valence electrons. The van der Waals surface area contributed by atoms with Gasteiger partial charge >= 0.3 is 0 Å². The number of nitrogens with two attached hydrogens (primary N) is 1. The van der Waals surface area contributed by atoms with Gasteiger partial charge in [-0.05, 0) is 28.5 Å². The lowest BCUT2D eigenvalue weighted by Crippen LogP contribution is -2.45. The van der Waals surface area contributed by atoms with Gasteiger partial charge < -0.3 is 11.1 Å². The Morgan fingerprint density at radius 1 is 0.960 bits per heavy atom. The first-order valence-electron chi connectivity index (χ1n) is 7.87. The van der Waals surface area contributed by atoms with E-state index in [9.17, 15) is 9.59 Å². The predicted octanol–water partition coefficient (Wildman–Crippen LogP) is 3.32. The molecule has 3 aromatic rings. The number of primary amides is 1. The summed E-state index contributed by atoms with van der Waals surface area (Å²) < 4.78 is 0. The van der Waals surface area contributed by atoms with Gasteiger partial charge in [0.1, 0.15) is 6.04 Å². The van der Waals surface area contributed by atoms with E-state index in [4.69, 9.17) is 17.3 Å². The van der Waals surface area contributed by atoms with E-state index in [2.05, 4.69) is 5.32 Å². The summed E-state index contributed by atoms with van der Waals surface area (Å²) in [5.74, 6) is -1.01. The van der Waals surface area contributed by atoms with E-state index in [1.54, 1.807) is 24.3 Å². The van der Waals surface area contributed by atoms with Crippen molar-refractivity contribution in [1.29, 1.82) is 0 Å². The second-order valence-corrected chi connectivity index (χ2v) is 6.20. The molecule has 4 nitrogen and oxygen atoms in total. The van der Waals surface area contributed by atoms with E-state index in [0.717, 1.165) is 16.3 Å². The largest absolute Gasteiger partial charge is 0.368 e. The van der Waals surface area contributed by atoms with Crippen LogP contribution in [0.3, 0.4) is 0 Å². The topological polar surface area (TPSA) is 72.2 Å². The molecular formula is C20H17ClN2O2. The standard InChI is InChI=1S/C20H17ClN2O2/c21-17-8-4-3-7-16(17)20(25)23-18(19(22)24)12-13-9-10-14-5-1-2-6-15(14)11-13/h1-11,18H,12H2,(H2,22,24)(H,23,25)/t18-/m0/s1. The molecule has 5 heteroatoms. The third-order valence-electron chi connectivity index (χ3n) is 4.02. The highest BCUT2D eigenvalue weighted by Crippen LogP contribution is 2.18. The van der Waals surface area contributed by atoms with Crippen molar-refractivity contribution in [2.24, 2.45) is 5.73 Å². The van der Waals surface area contributed by atoms with E-state index in [0.29, 0.717) is 17.0 Å². The Labute approximate surface area is 150 Å². The molecular weight excluding hydrogens is 336 g/mol. The van der Waals surface area contributed by atoms with Crippen LogP contribution in [-0.4, -0.2) is 17.9 Å². The summed E-state index contributed by atoms with van der Waals surface area (Å²) in [6.45, 7) is 0. The maximum Gasteiger partial charge on any atom is 0.253 e. The van der Waals surface area contributed by atoms with Gasteiger partial charge in [0, 0.05) is 6.42 Å². The second kappa shape index (κ2) is 7.36. The van der Waals surface area contributed by atoms with Gasteiger partial charge in [0.25, 0.3) is 5.91 Å². The van der Waals surface area contributed by atoms with Crippen LogP contribution in [0.1, 0.15) is 15.9 Å². The van der Waals surface area contributed by atoms with Crippen molar-refractivity contribution < 1.29 is 9.59 Å². The van der Waals surface area contributed by atoms with Gasteiger partial charge in [-0.2, -0.15) is 0 Å². The normalized spacial score (nSPS) is 11.9. The average Bonchev–Trinajstić information content (AvgIpc) is 2.61. The van der Waals surface area contributed by atoms with Crippen LogP contribution in [0, 0.1) is 0 Å². The molecule has 1 atom stereocenters. The van der Waals surface area contributed by atoms with Gasteiger partial charge in [-0.25, -0.2) is 0 Å². The fourth-order valence-corrected chi connectivity index (χ4v) is 2.93. The highest BCUT2D eigenvalue weighted by molar-refractivity contribution is 6.33. The number of nitrogens with one attached hydrogen (secondary N) is 1. The second-order valence-electron chi connectivity index (χ2n) is 5.79. The van der Waals surface area contributed by atoms with Crippen LogP contribution in [-0.2, 0) is 11.2 Å². The summed E-state index contributed by atoms with van der Waals surface area (Å²) >= 11 is 6.03. The van der Waals surface area contributed by atoms with Crippen molar-refractivity contribution in [3.05, 3.63) is 82.9 Å². The van der Waals surface area contributed by atoms with Gasteiger partial charge in [0.15, 0.2) is 0 Å². The third kappa shape index (κ3) is 3.98. The smallest absolute Gasteiger partial charge is 0.253 e. The Bertz CT molecular complexity index is 940. The maximum atomic E-state index is 12.4. The molecule has 3 N–H and O–H groups in total. The number of halogens is 1. The summed E-state index contributed by atoms with van der Waals surface area (Å²) in [6.07, 6.45) is 0.316. The van der Waals surface area contributed by atoms with E-state index in [-0.39, 0.29) is 0 Å². The first-order valence-corrected chi connectivity index (χ1v) is 8.25. The zero-order valence-corrected chi connectivity index (χ0v) is 14.2. The lowest BCUT2D eigenvalue weighted by Gasteiger charge is -2.16. The maximum absolute atomic E-state index is 12.4. The van der Waals surface area contributed by atoms with Gasteiger partial charge in [-0.15, -0.1) is 0 Å². The molecule has 0 fully saturated rings. The molecule has 0 saturated carbocycles. The minimum absolute atomic E-state index is 0.314. The number of fused-ring (bicyclic) bond motifs is 1. The SMILES string of the molecule is NC(=O)[C@H](Cc1ccc2ccccc2c1)NC(=O)c1ccccc1Cl. The van der Waals surface area contributed by atoms with Crippen LogP contribution in [0.2, 0.25) is 5.02 Å². The molecule has 0 aromatic heterocycles. The molecule has 0 aliphatic carbocycles. The highest BCUT2D eigenvalue weighted by atomic mass is 35.5. The Kier molecular flexibility index (Phi) is 5.00. The molecule has 3 rings (SSSR count). The van der Waals surface area contributed by atoms with Crippen LogP contribution < -0.4 is 11.1 Å². The molecule has 25 heavy (non-hydrogen) atoms. The Balaban J connectivity index is 1.80. The number of rotatable bonds is 5. The Morgan fingerprint density at radius 2 is 1.64 bits per heavy atom. The molecule has 0 heterocycles. The zero-order chi connectivity index (χ0) is 17.8. The highest BCUT2D eigenvalue weighted by Gasteiger charge is 2.20. The lowest BCUT2D eigenvalue weighted by molar-refractivity contribution is -0.119. The number of carbonyl (C=O) groups is 2. The van der Waals surface area contributed by atoms with Crippen LogP contribution in [0.15, 0.2) is 66.7 Å². The summed E-state index contributed by atoms with van der Waals surface area (Å²) in [5, 5.41) is 5.18. The summed E-state index contributed by atoms with van der Waals surface area (Å²) in [4.78, 5) is 24.2. The van der Waals surface area contributed by atoms with Gasteiger partial charge in [0.2, 0.25) is 5.91 Å². The Hall–Kier alpha value is -2.85. The van der Waals surface area contributed by atoms with Crippen molar-refractivity contribution in [3.8, 4) is 0 Å². The van der Waals surface area contributed by atoms with E-state index < -0.39 is 17.9 Å². The van der Waals surface area contributed by atoms with Crippen LogP contribution >= 0.6 is 11.6 Å². The molecule has 0 saturated heterocycles. The summed E-state index contributed by atoms with van der Waals surface area (Å²) in [5.41, 5.74) is 6.71.